The van der Waals surface area contributed by atoms with E-state index in [2.05, 4.69) is 10.3 Å². The fraction of sp³-hybridized carbons (Fsp3) is 0.294. The third-order valence-electron chi connectivity index (χ3n) is 3.53. The number of nitrogens with one attached hydrogen (secondary N) is 1. The van der Waals surface area contributed by atoms with Gasteiger partial charge in [-0.15, -0.1) is 0 Å². The van der Waals surface area contributed by atoms with E-state index < -0.39 is 15.9 Å². The van der Waals surface area contributed by atoms with E-state index in [0.29, 0.717) is 23.6 Å². The maximum Gasteiger partial charge on any atom is 0.237 e. The van der Waals surface area contributed by atoms with Gasteiger partial charge in [-0.25, -0.2) is 13.4 Å². The standard InChI is InChI=1S/C17H21N3O4S/c1-3-15(18)16(21)20-11-12-6-5-9-19-17(12)24-13-7-4-8-14(10-13)25(2,22)23/h4-10,15H,3,11,18H2,1-2H3,(H,20,21)/t15-/m0/s1. The number of hydrogen-bond donors (Lipinski definition) is 2. The molecule has 0 bridgehead atoms. The van der Waals surface area contributed by atoms with Crippen LogP contribution in [0.3, 0.4) is 0 Å². The van der Waals surface area contributed by atoms with Crippen molar-refractivity contribution in [2.75, 3.05) is 6.26 Å². The first kappa shape index (κ1) is 18.9. The van der Waals surface area contributed by atoms with E-state index in [1.807, 2.05) is 6.92 Å². The van der Waals surface area contributed by atoms with Gasteiger partial charge in [-0.05, 0) is 30.7 Å². The Morgan fingerprint density at radius 3 is 2.76 bits per heavy atom. The first-order chi connectivity index (χ1) is 11.8. The molecule has 1 aromatic heterocycles. The molecule has 1 aromatic carbocycles. The third kappa shape index (κ3) is 5.27. The molecule has 7 nitrogen and oxygen atoms in total. The van der Waals surface area contributed by atoms with Crippen LogP contribution < -0.4 is 15.8 Å². The van der Waals surface area contributed by atoms with Crippen LogP contribution in [0.5, 0.6) is 11.6 Å². The zero-order valence-electron chi connectivity index (χ0n) is 14.1. The molecule has 0 spiro atoms. The van der Waals surface area contributed by atoms with Crippen molar-refractivity contribution < 1.29 is 17.9 Å². The van der Waals surface area contributed by atoms with Gasteiger partial charge in [-0.1, -0.05) is 19.1 Å². The maximum absolute atomic E-state index is 11.8. The minimum Gasteiger partial charge on any atom is -0.439 e. The first-order valence-electron chi connectivity index (χ1n) is 7.76. The lowest BCUT2D eigenvalue weighted by Crippen LogP contribution is -2.39. The average Bonchev–Trinajstić information content (AvgIpc) is 2.59. The second-order valence-corrected chi connectivity index (χ2v) is 7.57. The normalized spacial score (nSPS) is 12.4. The van der Waals surface area contributed by atoms with Gasteiger partial charge in [0, 0.05) is 24.6 Å². The van der Waals surface area contributed by atoms with Crippen molar-refractivity contribution >= 4 is 15.7 Å². The summed E-state index contributed by atoms with van der Waals surface area (Å²) in [5.74, 6) is 0.384. The van der Waals surface area contributed by atoms with E-state index in [4.69, 9.17) is 10.5 Å². The van der Waals surface area contributed by atoms with Gasteiger partial charge in [0.15, 0.2) is 9.84 Å². The van der Waals surface area contributed by atoms with Gasteiger partial charge in [0.1, 0.15) is 5.75 Å². The van der Waals surface area contributed by atoms with Crippen molar-refractivity contribution in [3.05, 3.63) is 48.2 Å². The highest BCUT2D eigenvalue weighted by Gasteiger charge is 2.13. The number of amides is 1. The number of rotatable bonds is 7. The zero-order valence-corrected chi connectivity index (χ0v) is 14.9. The predicted molar refractivity (Wildman–Crippen MR) is 94.0 cm³/mol. The Kier molecular flexibility index (Phi) is 6.11. The van der Waals surface area contributed by atoms with Gasteiger partial charge in [0.25, 0.3) is 0 Å². The third-order valence-corrected chi connectivity index (χ3v) is 4.64. The number of benzene rings is 1. The maximum atomic E-state index is 11.8. The van der Waals surface area contributed by atoms with Crippen LogP contribution in [0, 0.1) is 0 Å². The summed E-state index contributed by atoms with van der Waals surface area (Å²) in [4.78, 5) is 16.1. The van der Waals surface area contributed by atoms with Crippen LogP contribution in [-0.2, 0) is 21.2 Å². The molecule has 0 aliphatic heterocycles. The van der Waals surface area contributed by atoms with E-state index in [-0.39, 0.29) is 17.3 Å². The van der Waals surface area contributed by atoms with Crippen LogP contribution in [0.1, 0.15) is 18.9 Å². The van der Waals surface area contributed by atoms with Crippen molar-refractivity contribution in [3.63, 3.8) is 0 Å². The lowest BCUT2D eigenvalue weighted by atomic mass is 10.2. The molecule has 0 unspecified atom stereocenters. The Morgan fingerprint density at radius 2 is 2.08 bits per heavy atom. The molecule has 0 saturated heterocycles. The topological polar surface area (TPSA) is 111 Å². The predicted octanol–water partition coefficient (Wildman–Crippen LogP) is 1.63. The fourth-order valence-electron chi connectivity index (χ4n) is 2.03. The monoisotopic (exact) mass is 363 g/mol. The Balaban J connectivity index is 2.17. The molecule has 3 N–H and O–H groups in total. The number of pyridine rings is 1. The van der Waals surface area contributed by atoms with E-state index in [1.54, 1.807) is 30.5 Å². The van der Waals surface area contributed by atoms with Gasteiger partial charge in [-0.3, -0.25) is 4.79 Å². The lowest BCUT2D eigenvalue weighted by molar-refractivity contribution is -0.122. The first-order valence-corrected chi connectivity index (χ1v) is 9.65. The van der Waals surface area contributed by atoms with E-state index >= 15 is 0 Å². The summed E-state index contributed by atoms with van der Waals surface area (Å²) in [5, 5.41) is 2.73. The number of nitrogens with zero attached hydrogens (tertiary/aromatic N) is 1. The minimum absolute atomic E-state index is 0.157. The molecule has 2 rings (SSSR count). The van der Waals surface area contributed by atoms with Crippen LogP contribution in [-0.4, -0.2) is 31.6 Å². The molecule has 1 heterocycles. The van der Waals surface area contributed by atoms with E-state index in [0.717, 1.165) is 6.26 Å². The summed E-state index contributed by atoms with van der Waals surface area (Å²) < 4.78 is 29.0. The van der Waals surface area contributed by atoms with Crippen LogP contribution in [0.25, 0.3) is 0 Å². The molecular weight excluding hydrogens is 342 g/mol. The van der Waals surface area contributed by atoms with Gasteiger partial charge in [0.05, 0.1) is 10.9 Å². The number of hydrogen-bond acceptors (Lipinski definition) is 6. The molecule has 1 amide bonds. The molecule has 134 valence electrons. The van der Waals surface area contributed by atoms with Crippen molar-refractivity contribution in [1.29, 1.82) is 0 Å². The summed E-state index contributed by atoms with van der Waals surface area (Å²) in [6, 6.07) is 9.08. The fourth-order valence-corrected chi connectivity index (χ4v) is 2.69. The Hall–Kier alpha value is -2.45. The molecule has 0 radical (unpaired) electrons. The summed E-state index contributed by atoms with van der Waals surface area (Å²) in [6.07, 6.45) is 3.23. The van der Waals surface area contributed by atoms with Crippen molar-refractivity contribution in [1.82, 2.24) is 10.3 Å². The van der Waals surface area contributed by atoms with E-state index in [1.165, 1.54) is 12.1 Å². The summed E-state index contributed by atoms with van der Waals surface area (Å²) in [7, 11) is -3.33. The highest BCUT2D eigenvalue weighted by molar-refractivity contribution is 7.90. The average molecular weight is 363 g/mol. The van der Waals surface area contributed by atoms with Crippen LogP contribution in [0.4, 0.5) is 0 Å². The van der Waals surface area contributed by atoms with Crippen molar-refractivity contribution in [2.24, 2.45) is 5.73 Å². The van der Waals surface area contributed by atoms with Crippen molar-refractivity contribution in [2.45, 2.75) is 30.8 Å². The molecular formula is C17H21N3O4S. The number of ether oxygens (including phenoxy) is 1. The van der Waals surface area contributed by atoms with Gasteiger partial charge < -0.3 is 15.8 Å². The molecule has 2 aromatic rings. The van der Waals surface area contributed by atoms with Crippen LogP contribution in [0.2, 0.25) is 0 Å². The van der Waals surface area contributed by atoms with Gasteiger partial charge in [-0.2, -0.15) is 0 Å². The summed E-state index contributed by atoms with van der Waals surface area (Å²) in [5.41, 5.74) is 6.34. The minimum atomic E-state index is -3.33. The molecule has 0 saturated carbocycles. The van der Waals surface area contributed by atoms with Crippen LogP contribution in [0.15, 0.2) is 47.5 Å². The molecule has 0 aliphatic carbocycles. The summed E-state index contributed by atoms with van der Waals surface area (Å²) >= 11 is 0. The van der Waals surface area contributed by atoms with E-state index in [9.17, 15) is 13.2 Å². The second kappa shape index (κ2) is 8.09. The van der Waals surface area contributed by atoms with Crippen molar-refractivity contribution in [3.8, 4) is 11.6 Å². The molecule has 8 heteroatoms. The molecule has 0 aliphatic rings. The molecule has 1 atom stereocenters. The number of nitrogens with two attached hydrogens (primary N) is 1. The van der Waals surface area contributed by atoms with Gasteiger partial charge >= 0.3 is 0 Å². The quantitative estimate of drug-likeness (QED) is 0.773. The zero-order chi connectivity index (χ0) is 18.4. The lowest BCUT2D eigenvalue weighted by Gasteiger charge is -2.13. The number of aromatic nitrogens is 1. The smallest absolute Gasteiger partial charge is 0.237 e. The largest absolute Gasteiger partial charge is 0.439 e. The van der Waals surface area contributed by atoms with Gasteiger partial charge in [0.2, 0.25) is 11.8 Å². The summed E-state index contributed by atoms with van der Waals surface area (Å²) in [6.45, 7) is 2.04. The Labute approximate surface area is 147 Å². The molecule has 0 fully saturated rings. The highest BCUT2D eigenvalue weighted by Crippen LogP contribution is 2.25. The molecule has 25 heavy (non-hydrogen) atoms. The highest BCUT2D eigenvalue weighted by atomic mass is 32.2. The number of carbonyl (C=O) groups is 1. The second-order valence-electron chi connectivity index (χ2n) is 5.55. The SMILES string of the molecule is CC[C@H](N)C(=O)NCc1cccnc1Oc1cccc(S(C)(=O)=O)c1. The Bertz CT molecular complexity index is 852. The van der Waals surface area contributed by atoms with Crippen LogP contribution >= 0.6 is 0 Å². The Morgan fingerprint density at radius 1 is 1.32 bits per heavy atom. The number of carbonyl (C=O) groups excluding carboxylic acids is 1. The number of sulfone groups is 1.